The molecule has 1 aliphatic heterocycles. The van der Waals surface area contributed by atoms with Gasteiger partial charge in [-0.2, -0.15) is 0 Å². The summed E-state index contributed by atoms with van der Waals surface area (Å²) in [6.45, 7) is 2.26. The van der Waals surface area contributed by atoms with E-state index in [1.807, 2.05) is 0 Å². The molecule has 172 valence electrons. The minimum Gasteiger partial charge on any atom is -0.433 e. The van der Waals surface area contributed by atoms with E-state index in [4.69, 9.17) is 14.2 Å². The zero-order valence-corrected chi connectivity index (χ0v) is 18.3. The lowest BCUT2D eigenvalue weighted by molar-refractivity contribution is -0.293. The van der Waals surface area contributed by atoms with Gasteiger partial charge in [0.15, 0.2) is 0 Å². The monoisotopic (exact) mass is 418 g/mol. The van der Waals surface area contributed by atoms with Crippen molar-refractivity contribution < 1.29 is 34.3 Å². The zero-order valence-electron chi connectivity index (χ0n) is 18.3. The molecule has 0 radical (unpaired) electrons. The molecular weight excluding hydrogens is 376 g/mol. The van der Waals surface area contributed by atoms with Gasteiger partial charge in [-0.25, -0.2) is 0 Å². The number of ether oxygens (including phenoxy) is 3. The highest BCUT2D eigenvalue weighted by atomic mass is 16.7. The molecule has 29 heavy (non-hydrogen) atoms. The number of carbonyl (C=O) groups is 1. The number of hydrogen-bond acceptors (Lipinski definition) is 7. The average molecular weight is 419 g/mol. The molecule has 1 rings (SSSR count). The van der Waals surface area contributed by atoms with Crippen molar-refractivity contribution in [3.63, 3.8) is 0 Å². The largest absolute Gasteiger partial charge is 0.433 e. The Morgan fingerprint density at radius 3 is 1.83 bits per heavy atom. The van der Waals surface area contributed by atoms with E-state index in [2.05, 4.69) is 6.92 Å². The van der Waals surface area contributed by atoms with Crippen molar-refractivity contribution in [2.45, 2.75) is 121 Å². The van der Waals surface area contributed by atoms with E-state index in [0.717, 1.165) is 19.3 Å². The third-order valence-electron chi connectivity index (χ3n) is 5.48. The van der Waals surface area contributed by atoms with E-state index in [1.165, 1.54) is 64.9 Å². The minimum atomic E-state index is -1.48. The lowest BCUT2D eigenvalue weighted by Gasteiger charge is -2.39. The predicted octanol–water partition coefficient (Wildman–Crippen LogP) is 3.07. The summed E-state index contributed by atoms with van der Waals surface area (Å²) in [6.07, 6.45) is 8.44. The first kappa shape index (κ1) is 26.3. The van der Waals surface area contributed by atoms with Crippen LogP contribution in [0.2, 0.25) is 0 Å². The molecule has 1 aliphatic rings. The molecule has 0 amide bonds. The highest BCUT2D eigenvalue weighted by Crippen LogP contribution is 2.23. The number of hydrogen-bond donors (Lipinski definition) is 3. The molecule has 3 N–H and O–H groups in total. The lowest BCUT2D eigenvalue weighted by Crippen LogP contribution is -2.59. The van der Waals surface area contributed by atoms with Crippen molar-refractivity contribution in [1.29, 1.82) is 0 Å². The van der Waals surface area contributed by atoms with Crippen LogP contribution in [0, 0.1) is 0 Å². The molecule has 0 aromatic rings. The molecule has 7 nitrogen and oxygen atoms in total. The molecule has 1 saturated heterocycles. The Kier molecular flexibility index (Phi) is 14.5. The number of unbranched alkanes of at least 4 members (excludes halogenated alkanes) is 11. The van der Waals surface area contributed by atoms with Crippen molar-refractivity contribution in [1.82, 2.24) is 0 Å². The molecule has 0 bridgehead atoms. The first-order valence-electron chi connectivity index (χ1n) is 11.4. The Morgan fingerprint density at radius 1 is 0.793 bits per heavy atom. The molecule has 1 heterocycles. The van der Waals surface area contributed by atoms with Crippen LogP contribution in [0.25, 0.3) is 0 Å². The molecule has 7 heteroatoms. The second-order valence-corrected chi connectivity index (χ2v) is 8.10. The number of rotatable bonds is 16. The van der Waals surface area contributed by atoms with Crippen LogP contribution in [0.5, 0.6) is 0 Å². The van der Waals surface area contributed by atoms with Crippen molar-refractivity contribution in [3.05, 3.63) is 0 Å². The second kappa shape index (κ2) is 16.0. The van der Waals surface area contributed by atoms with Gasteiger partial charge in [0.1, 0.15) is 24.4 Å². The number of aliphatic hydroxyl groups excluding tert-OH is 3. The third-order valence-corrected chi connectivity index (χ3v) is 5.48. The van der Waals surface area contributed by atoms with Crippen LogP contribution in [-0.2, 0) is 19.0 Å². The fourth-order valence-electron chi connectivity index (χ4n) is 3.61. The van der Waals surface area contributed by atoms with Gasteiger partial charge in [0.2, 0.25) is 6.29 Å². The summed E-state index contributed by atoms with van der Waals surface area (Å²) >= 11 is 0. The van der Waals surface area contributed by atoms with Crippen LogP contribution >= 0.6 is 0 Å². The summed E-state index contributed by atoms with van der Waals surface area (Å²) in [5, 5.41) is 29.7. The van der Waals surface area contributed by atoms with Crippen molar-refractivity contribution in [3.8, 4) is 0 Å². The Morgan fingerprint density at radius 2 is 1.31 bits per heavy atom. The average Bonchev–Trinajstić information content (AvgIpc) is 2.71. The molecule has 0 spiro atoms. The Bertz CT molecular complexity index is 418. The Hall–Kier alpha value is -0.730. The number of aliphatic hydroxyl groups is 3. The van der Waals surface area contributed by atoms with Gasteiger partial charge in [-0.15, -0.1) is 0 Å². The normalized spacial score (nSPS) is 27.1. The summed E-state index contributed by atoms with van der Waals surface area (Å²) in [5.41, 5.74) is 0. The predicted molar refractivity (Wildman–Crippen MR) is 110 cm³/mol. The summed E-state index contributed by atoms with van der Waals surface area (Å²) in [5.74, 6) is -0.471. The zero-order chi connectivity index (χ0) is 21.5. The Labute approximate surface area is 175 Å². The molecular formula is C22H42O7. The van der Waals surface area contributed by atoms with E-state index in [9.17, 15) is 20.1 Å². The van der Waals surface area contributed by atoms with Gasteiger partial charge in [-0.3, -0.25) is 4.79 Å². The van der Waals surface area contributed by atoms with Crippen LogP contribution in [-0.4, -0.2) is 65.7 Å². The molecule has 5 atom stereocenters. The van der Waals surface area contributed by atoms with E-state index in [1.54, 1.807) is 0 Å². The molecule has 0 saturated carbocycles. The number of esters is 1. The van der Waals surface area contributed by atoms with Crippen LogP contribution in [0.3, 0.4) is 0 Å². The van der Waals surface area contributed by atoms with E-state index in [-0.39, 0.29) is 13.0 Å². The molecule has 0 aliphatic carbocycles. The van der Waals surface area contributed by atoms with Gasteiger partial charge in [0, 0.05) is 13.5 Å². The number of methoxy groups -OCH3 is 1. The van der Waals surface area contributed by atoms with Crippen LogP contribution < -0.4 is 0 Å². The SMILES string of the molecule is CCCCCCCCCCCCCCC(=O)O[C@H]1O[C@H](COC)[C@@H](O)[C@H](O)[C@@H]1O. The fourth-order valence-corrected chi connectivity index (χ4v) is 3.61. The molecule has 0 aromatic heterocycles. The highest BCUT2D eigenvalue weighted by Gasteiger charge is 2.45. The van der Waals surface area contributed by atoms with Crippen molar-refractivity contribution >= 4 is 5.97 Å². The maximum absolute atomic E-state index is 12.0. The second-order valence-electron chi connectivity index (χ2n) is 8.10. The topological polar surface area (TPSA) is 105 Å². The van der Waals surface area contributed by atoms with E-state index in [0.29, 0.717) is 0 Å². The van der Waals surface area contributed by atoms with Crippen LogP contribution in [0.1, 0.15) is 90.4 Å². The minimum absolute atomic E-state index is 0.0255. The van der Waals surface area contributed by atoms with Crippen molar-refractivity contribution in [2.75, 3.05) is 13.7 Å². The first-order chi connectivity index (χ1) is 14.0. The van der Waals surface area contributed by atoms with E-state index < -0.39 is 36.7 Å². The van der Waals surface area contributed by atoms with Gasteiger partial charge >= 0.3 is 5.97 Å². The highest BCUT2D eigenvalue weighted by molar-refractivity contribution is 5.69. The molecule has 1 fully saturated rings. The summed E-state index contributed by atoms with van der Waals surface area (Å²) in [6, 6.07) is 0. The maximum atomic E-state index is 12.0. The summed E-state index contributed by atoms with van der Waals surface area (Å²) in [7, 11) is 1.43. The van der Waals surface area contributed by atoms with Crippen LogP contribution in [0.15, 0.2) is 0 Å². The third kappa shape index (κ3) is 10.7. The van der Waals surface area contributed by atoms with Gasteiger partial charge in [0.25, 0.3) is 0 Å². The quantitative estimate of drug-likeness (QED) is 0.261. The van der Waals surface area contributed by atoms with Gasteiger partial charge < -0.3 is 29.5 Å². The fraction of sp³-hybridized carbons (Fsp3) is 0.955. The lowest BCUT2D eigenvalue weighted by atomic mass is 9.99. The molecule has 0 aromatic carbocycles. The van der Waals surface area contributed by atoms with Gasteiger partial charge in [-0.05, 0) is 6.42 Å². The van der Waals surface area contributed by atoms with Gasteiger partial charge in [-0.1, -0.05) is 77.6 Å². The Balaban J connectivity index is 2.07. The smallest absolute Gasteiger partial charge is 0.308 e. The van der Waals surface area contributed by atoms with Crippen molar-refractivity contribution in [2.24, 2.45) is 0 Å². The first-order valence-corrected chi connectivity index (χ1v) is 11.4. The number of carbonyl (C=O) groups excluding carboxylic acids is 1. The maximum Gasteiger partial charge on any atom is 0.308 e. The van der Waals surface area contributed by atoms with Crippen LogP contribution in [0.4, 0.5) is 0 Å². The van der Waals surface area contributed by atoms with Gasteiger partial charge in [0.05, 0.1) is 6.61 Å². The molecule has 0 unspecified atom stereocenters. The summed E-state index contributed by atoms with van der Waals surface area (Å²) in [4.78, 5) is 12.0. The van der Waals surface area contributed by atoms with E-state index >= 15 is 0 Å². The standard InChI is InChI=1S/C22H42O7/c1-3-4-5-6-7-8-9-10-11-12-13-14-15-18(23)29-22-21(26)20(25)19(24)17(28-22)16-27-2/h17,19-22,24-26H,3-16H2,1-2H3/t17-,19-,20+,21+,22-/m1/s1. The summed E-state index contributed by atoms with van der Waals surface area (Å²) < 4.78 is 15.5.